The van der Waals surface area contributed by atoms with Gasteiger partial charge in [-0.05, 0) is 25.7 Å². The molecule has 0 amide bonds. The number of Topliss-reactive ketones (excluding diaryl/α,β-unsaturated/α-hetero) is 1. The van der Waals surface area contributed by atoms with Gasteiger partial charge in [0.2, 0.25) is 11.9 Å². The lowest BCUT2D eigenvalue weighted by Crippen LogP contribution is -2.40. The Morgan fingerprint density at radius 2 is 1.82 bits per heavy atom. The van der Waals surface area contributed by atoms with Gasteiger partial charge in [-0.25, -0.2) is 4.79 Å². The van der Waals surface area contributed by atoms with E-state index in [0.29, 0.717) is 6.42 Å². The van der Waals surface area contributed by atoms with Crippen molar-refractivity contribution >= 4 is 17.7 Å². The number of carbonyl (C=O) groups excluding carboxylic acids is 3. The van der Waals surface area contributed by atoms with Crippen LogP contribution in [0.5, 0.6) is 0 Å². The number of aliphatic hydroxyl groups excluding tert-OH is 2. The van der Waals surface area contributed by atoms with Crippen LogP contribution in [0.3, 0.4) is 0 Å². The summed E-state index contributed by atoms with van der Waals surface area (Å²) in [5, 5.41) is 19.0. The first-order valence-electron chi connectivity index (χ1n) is 7.13. The maximum atomic E-state index is 12.1. The fraction of sp³-hybridized carbons (Fsp3) is 0.800. The second-order valence-corrected chi connectivity index (χ2v) is 7.45. The van der Waals surface area contributed by atoms with Crippen molar-refractivity contribution in [2.45, 2.75) is 59.4 Å². The number of ether oxygens (including phenoxy) is 2. The Labute approximate surface area is 129 Å². The van der Waals surface area contributed by atoms with Crippen molar-refractivity contribution < 1.29 is 34.1 Å². The molecule has 0 radical (unpaired) electrons. The van der Waals surface area contributed by atoms with Crippen molar-refractivity contribution in [2.75, 3.05) is 6.61 Å². The predicted molar refractivity (Wildman–Crippen MR) is 75.7 cm³/mol. The highest BCUT2D eigenvalue weighted by Gasteiger charge is 2.46. The van der Waals surface area contributed by atoms with Crippen LogP contribution in [0.4, 0.5) is 0 Å². The first kappa shape index (κ1) is 18.6. The Kier molecular flexibility index (Phi) is 5.35. The lowest BCUT2D eigenvalue weighted by atomic mass is 9.76. The number of hydrogen-bond acceptors (Lipinski definition) is 7. The van der Waals surface area contributed by atoms with Crippen LogP contribution < -0.4 is 0 Å². The molecule has 1 aliphatic rings. The van der Waals surface area contributed by atoms with Crippen LogP contribution in [-0.4, -0.2) is 52.9 Å². The van der Waals surface area contributed by atoms with Crippen molar-refractivity contribution in [1.82, 2.24) is 0 Å². The average Bonchev–Trinajstić information content (AvgIpc) is 2.60. The number of aliphatic hydroxyl groups is 2. The van der Waals surface area contributed by atoms with Crippen molar-refractivity contribution in [3.8, 4) is 0 Å². The van der Waals surface area contributed by atoms with Crippen molar-refractivity contribution in [3.63, 3.8) is 0 Å². The van der Waals surface area contributed by atoms with Gasteiger partial charge < -0.3 is 19.7 Å². The Morgan fingerprint density at radius 1 is 1.27 bits per heavy atom. The quantitative estimate of drug-likeness (QED) is 0.551. The van der Waals surface area contributed by atoms with Gasteiger partial charge in [0.1, 0.15) is 12.7 Å². The summed E-state index contributed by atoms with van der Waals surface area (Å²) in [5.41, 5.74) is -0.837. The summed E-state index contributed by atoms with van der Waals surface area (Å²) >= 11 is 0. The number of carbonyl (C=O) groups is 3. The maximum absolute atomic E-state index is 12.1. The number of hydrogen-bond donors (Lipinski definition) is 2. The minimum atomic E-state index is -1.88. The molecule has 0 aromatic carbocycles. The largest absolute Gasteiger partial charge is 0.462 e. The molecular formula is C15H24O7. The molecule has 1 fully saturated rings. The summed E-state index contributed by atoms with van der Waals surface area (Å²) in [4.78, 5) is 34.6. The molecule has 0 aromatic rings. The van der Waals surface area contributed by atoms with E-state index in [0.717, 1.165) is 0 Å². The fourth-order valence-corrected chi connectivity index (χ4v) is 2.63. The molecule has 7 nitrogen and oxygen atoms in total. The van der Waals surface area contributed by atoms with E-state index < -0.39 is 48.1 Å². The van der Waals surface area contributed by atoms with E-state index in [2.05, 4.69) is 4.74 Å². The number of esters is 2. The third kappa shape index (κ3) is 4.51. The van der Waals surface area contributed by atoms with E-state index in [1.807, 2.05) is 20.8 Å². The van der Waals surface area contributed by atoms with E-state index in [1.54, 1.807) is 13.8 Å². The van der Waals surface area contributed by atoms with Crippen molar-refractivity contribution in [2.24, 2.45) is 10.8 Å². The molecule has 1 saturated heterocycles. The standard InChI is InChI=1S/C15H24O7/c1-14(2,3)7-15(4,5)13(20)21-6-8(16)11-9(17)10(18)12(19)22-11/h8,10-11,16,18H,6-7H2,1-5H3. The van der Waals surface area contributed by atoms with Crippen LogP contribution in [0, 0.1) is 10.8 Å². The molecule has 0 spiro atoms. The fourth-order valence-electron chi connectivity index (χ4n) is 2.63. The van der Waals surface area contributed by atoms with E-state index in [9.17, 15) is 24.6 Å². The first-order valence-corrected chi connectivity index (χ1v) is 7.13. The Bertz CT molecular complexity index is 461. The number of rotatable bonds is 5. The first-order chi connectivity index (χ1) is 9.85. The van der Waals surface area contributed by atoms with Gasteiger partial charge in [0, 0.05) is 0 Å². The molecule has 1 heterocycles. The van der Waals surface area contributed by atoms with E-state index in [-0.39, 0.29) is 5.41 Å². The molecule has 1 rings (SSSR count). The van der Waals surface area contributed by atoms with Crippen LogP contribution in [0.15, 0.2) is 0 Å². The summed E-state index contributed by atoms with van der Waals surface area (Å²) < 4.78 is 9.60. The van der Waals surface area contributed by atoms with Gasteiger partial charge in [0.25, 0.3) is 0 Å². The molecular weight excluding hydrogens is 292 g/mol. The van der Waals surface area contributed by atoms with Crippen molar-refractivity contribution in [3.05, 3.63) is 0 Å². The zero-order valence-electron chi connectivity index (χ0n) is 13.6. The third-order valence-corrected chi connectivity index (χ3v) is 3.28. The molecule has 0 aliphatic carbocycles. The molecule has 22 heavy (non-hydrogen) atoms. The zero-order chi connectivity index (χ0) is 17.3. The highest BCUT2D eigenvalue weighted by atomic mass is 16.6. The van der Waals surface area contributed by atoms with Crippen LogP contribution in [0.1, 0.15) is 41.0 Å². The van der Waals surface area contributed by atoms with E-state index in [4.69, 9.17) is 4.74 Å². The van der Waals surface area contributed by atoms with Crippen molar-refractivity contribution in [1.29, 1.82) is 0 Å². The predicted octanol–water partition coefficient (Wildman–Crippen LogP) is 0.208. The highest BCUT2D eigenvalue weighted by molar-refractivity contribution is 6.09. The Balaban J connectivity index is 2.57. The highest BCUT2D eigenvalue weighted by Crippen LogP contribution is 2.34. The Hall–Kier alpha value is -1.47. The van der Waals surface area contributed by atoms with Gasteiger partial charge in [-0.15, -0.1) is 0 Å². The smallest absolute Gasteiger partial charge is 0.343 e. The SMILES string of the molecule is CC(C)(C)CC(C)(C)C(=O)OCC(O)C1OC(=O)C(O)C1=O. The normalized spacial score (nSPS) is 24.1. The second kappa shape index (κ2) is 6.34. The van der Waals surface area contributed by atoms with Gasteiger partial charge in [0.05, 0.1) is 5.41 Å². The topological polar surface area (TPSA) is 110 Å². The van der Waals surface area contributed by atoms with Crippen LogP contribution in [0.25, 0.3) is 0 Å². The second-order valence-electron chi connectivity index (χ2n) is 7.45. The summed E-state index contributed by atoms with van der Waals surface area (Å²) in [7, 11) is 0. The summed E-state index contributed by atoms with van der Waals surface area (Å²) in [5.74, 6) is -2.55. The van der Waals surface area contributed by atoms with Gasteiger partial charge in [-0.1, -0.05) is 20.8 Å². The minimum Gasteiger partial charge on any atom is -0.462 e. The molecule has 7 heteroatoms. The van der Waals surface area contributed by atoms with Gasteiger partial charge >= 0.3 is 11.9 Å². The van der Waals surface area contributed by atoms with Crippen LogP contribution in [0.2, 0.25) is 0 Å². The zero-order valence-corrected chi connectivity index (χ0v) is 13.6. The molecule has 3 atom stereocenters. The summed E-state index contributed by atoms with van der Waals surface area (Å²) in [6, 6.07) is 0. The summed E-state index contributed by atoms with van der Waals surface area (Å²) in [6.07, 6.45) is -4.30. The van der Waals surface area contributed by atoms with Crippen LogP contribution in [-0.2, 0) is 23.9 Å². The Morgan fingerprint density at radius 3 is 2.23 bits per heavy atom. The van der Waals surface area contributed by atoms with E-state index in [1.165, 1.54) is 0 Å². The third-order valence-electron chi connectivity index (χ3n) is 3.28. The molecule has 0 bridgehead atoms. The lowest BCUT2D eigenvalue weighted by molar-refractivity contribution is -0.164. The van der Waals surface area contributed by atoms with E-state index >= 15 is 0 Å². The minimum absolute atomic E-state index is 0.0812. The molecule has 0 aromatic heterocycles. The molecule has 3 unspecified atom stereocenters. The molecule has 0 saturated carbocycles. The summed E-state index contributed by atoms with van der Waals surface area (Å²) in [6.45, 7) is 8.97. The molecule has 2 N–H and O–H groups in total. The van der Waals surface area contributed by atoms with Crippen LogP contribution >= 0.6 is 0 Å². The number of ketones is 1. The monoisotopic (exact) mass is 316 g/mol. The van der Waals surface area contributed by atoms with Gasteiger partial charge in [0.15, 0.2) is 6.10 Å². The number of cyclic esters (lactones) is 1. The maximum Gasteiger partial charge on any atom is 0.343 e. The molecule has 126 valence electrons. The van der Waals surface area contributed by atoms with Gasteiger partial charge in [-0.2, -0.15) is 0 Å². The molecule has 1 aliphatic heterocycles. The average molecular weight is 316 g/mol. The van der Waals surface area contributed by atoms with Gasteiger partial charge in [-0.3, -0.25) is 9.59 Å². The lowest BCUT2D eigenvalue weighted by Gasteiger charge is -2.30.